The van der Waals surface area contributed by atoms with E-state index in [0.717, 1.165) is 0 Å². The highest BCUT2D eigenvalue weighted by Crippen LogP contribution is 2.24. The molecule has 4 nitrogen and oxygen atoms in total. The third-order valence-corrected chi connectivity index (χ3v) is 2.03. The zero-order valence-electron chi connectivity index (χ0n) is 8.61. The average molecular weight is 220 g/mol. The normalized spacial score (nSPS) is 10.1. The predicted molar refractivity (Wildman–Crippen MR) is 56.3 cm³/mol. The van der Waals surface area contributed by atoms with Crippen LogP contribution in [0.25, 0.3) is 17.5 Å². The molecule has 0 aliphatic heterocycles. The van der Waals surface area contributed by atoms with Crippen molar-refractivity contribution in [2.24, 2.45) is 0 Å². The summed E-state index contributed by atoms with van der Waals surface area (Å²) in [6.45, 7) is 3.50. The van der Waals surface area contributed by atoms with Gasteiger partial charge in [0.05, 0.1) is 7.11 Å². The maximum Gasteiger partial charge on any atom is 0.250 e. The zero-order valence-corrected chi connectivity index (χ0v) is 8.61. The highest BCUT2D eigenvalue weighted by molar-refractivity contribution is 5.58. The van der Waals surface area contributed by atoms with Gasteiger partial charge in [-0.2, -0.15) is 4.98 Å². The highest BCUT2D eigenvalue weighted by atomic mass is 19.1. The minimum Gasteiger partial charge on any atom is -0.494 e. The number of methoxy groups -OCH3 is 1. The molecule has 0 atom stereocenters. The summed E-state index contributed by atoms with van der Waals surface area (Å²) in [4.78, 5) is 4.03. The van der Waals surface area contributed by atoms with Gasteiger partial charge in [0.1, 0.15) is 0 Å². The van der Waals surface area contributed by atoms with E-state index in [2.05, 4.69) is 16.7 Å². The molecule has 0 fully saturated rings. The van der Waals surface area contributed by atoms with Gasteiger partial charge in [-0.15, -0.1) is 0 Å². The number of hydrogen-bond acceptors (Lipinski definition) is 4. The van der Waals surface area contributed by atoms with Gasteiger partial charge in [0.25, 0.3) is 0 Å². The van der Waals surface area contributed by atoms with Gasteiger partial charge in [-0.3, -0.25) is 0 Å². The lowest BCUT2D eigenvalue weighted by Crippen LogP contribution is -1.89. The summed E-state index contributed by atoms with van der Waals surface area (Å²) < 4.78 is 22.9. The largest absolute Gasteiger partial charge is 0.494 e. The molecule has 82 valence electrons. The fraction of sp³-hybridized carbons (Fsp3) is 0.0909. The minimum absolute atomic E-state index is 0.141. The SMILES string of the molecule is C=Cc1nc(-c2ccc(F)c(OC)c2)no1. The third kappa shape index (κ3) is 1.79. The maximum absolute atomic E-state index is 13.2. The molecule has 16 heavy (non-hydrogen) atoms. The Morgan fingerprint density at radius 2 is 2.31 bits per heavy atom. The Balaban J connectivity index is 2.43. The number of halogens is 1. The van der Waals surface area contributed by atoms with Gasteiger partial charge < -0.3 is 9.26 Å². The highest BCUT2D eigenvalue weighted by Gasteiger charge is 2.09. The number of rotatable bonds is 3. The first-order chi connectivity index (χ1) is 7.74. The van der Waals surface area contributed by atoms with Crippen molar-refractivity contribution >= 4 is 6.08 Å². The van der Waals surface area contributed by atoms with Crippen LogP contribution in [0, 0.1) is 5.82 Å². The van der Waals surface area contributed by atoms with Crippen LogP contribution >= 0.6 is 0 Å². The predicted octanol–water partition coefficient (Wildman–Crippen LogP) is 2.53. The molecule has 0 saturated heterocycles. The molecule has 1 aromatic carbocycles. The molecule has 0 aliphatic carbocycles. The molecule has 0 bridgehead atoms. The zero-order chi connectivity index (χ0) is 11.5. The Kier molecular flexibility index (Phi) is 2.68. The molecular weight excluding hydrogens is 211 g/mol. The first-order valence-electron chi connectivity index (χ1n) is 4.54. The van der Waals surface area contributed by atoms with Crippen LogP contribution in [0.15, 0.2) is 29.3 Å². The third-order valence-electron chi connectivity index (χ3n) is 2.03. The molecule has 1 heterocycles. The molecule has 0 N–H and O–H groups in total. The van der Waals surface area contributed by atoms with E-state index < -0.39 is 5.82 Å². The lowest BCUT2D eigenvalue weighted by atomic mass is 10.2. The van der Waals surface area contributed by atoms with Crippen molar-refractivity contribution < 1.29 is 13.7 Å². The minimum atomic E-state index is -0.432. The first kappa shape index (κ1) is 10.4. The lowest BCUT2D eigenvalue weighted by molar-refractivity contribution is 0.386. The van der Waals surface area contributed by atoms with Gasteiger partial charge >= 0.3 is 0 Å². The Labute approximate surface area is 91.4 Å². The van der Waals surface area contributed by atoms with Crippen LogP contribution < -0.4 is 4.74 Å². The second kappa shape index (κ2) is 4.14. The molecule has 0 spiro atoms. The van der Waals surface area contributed by atoms with E-state index in [9.17, 15) is 4.39 Å². The Morgan fingerprint density at radius 1 is 1.50 bits per heavy atom. The summed E-state index contributed by atoms with van der Waals surface area (Å²) in [6.07, 6.45) is 1.44. The van der Waals surface area contributed by atoms with Gasteiger partial charge in [0.2, 0.25) is 11.7 Å². The van der Waals surface area contributed by atoms with Crippen molar-refractivity contribution in [2.75, 3.05) is 7.11 Å². The standard InChI is InChI=1S/C11H9FN2O2/c1-3-10-13-11(14-16-10)7-4-5-8(12)9(6-7)15-2/h3-6H,1H2,2H3. The monoisotopic (exact) mass is 220 g/mol. The number of benzene rings is 1. The van der Waals surface area contributed by atoms with Crippen LogP contribution in [0.3, 0.4) is 0 Å². The molecular formula is C11H9FN2O2. The fourth-order valence-electron chi connectivity index (χ4n) is 1.23. The van der Waals surface area contributed by atoms with E-state index in [4.69, 9.17) is 9.26 Å². The molecule has 1 aromatic heterocycles. The summed E-state index contributed by atoms with van der Waals surface area (Å²) in [7, 11) is 1.40. The van der Waals surface area contributed by atoms with E-state index in [-0.39, 0.29) is 5.75 Å². The van der Waals surface area contributed by atoms with Crippen LogP contribution in [-0.4, -0.2) is 17.3 Å². The summed E-state index contributed by atoms with van der Waals surface area (Å²) in [5.41, 5.74) is 0.620. The van der Waals surface area contributed by atoms with Crippen molar-refractivity contribution in [2.45, 2.75) is 0 Å². The average Bonchev–Trinajstić information content (AvgIpc) is 2.78. The Morgan fingerprint density at radius 3 is 2.94 bits per heavy atom. The first-order valence-corrected chi connectivity index (χ1v) is 4.54. The van der Waals surface area contributed by atoms with Gasteiger partial charge in [-0.25, -0.2) is 4.39 Å². The van der Waals surface area contributed by atoms with Gasteiger partial charge in [0, 0.05) is 5.56 Å². The van der Waals surface area contributed by atoms with E-state index in [1.165, 1.54) is 25.3 Å². The number of hydrogen-bond donors (Lipinski definition) is 0. The lowest BCUT2D eigenvalue weighted by Gasteiger charge is -2.02. The van der Waals surface area contributed by atoms with Crippen LogP contribution in [0.2, 0.25) is 0 Å². The van der Waals surface area contributed by atoms with E-state index in [0.29, 0.717) is 17.3 Å². The van der Waals surface area contributed by atoms with Crippen molar-refractivity contribution in [3.8, 4) is 17.1 Å². The fourth-order valence-corrected chi connectivity index (χ4v) is 1.23. The summed E-state index contributed by atoms with van der Waals surface area (Å²) >= 11 is 0. The smallest absolute Gasteiger partial charge is 0.250 e. The summed E-state index contributed by atoms with van der Waals surface area (Å²) in [5, 5.41) is 3.73. The van der Waals surface area contributed by atoms with Gasteiger partial charge in [-0.05, 0) is 24.3 Å². The molecule has 0 aliphatic rings. The van der Waals surface area contributed by atoms with Crippen LogP contribution in [-0.2, 0) is 0 Å². The second-order valence-electron chi connectivity index (χ2n) is 3.01. The van der Waals surface area contributed by atoms with E-state index in [1.54, 1.807) is 6.07 Å². The molecule has 0 amide bonds. The molecule has 2 aromatic rings. The summed E-state index contributed by atoms with van der Waals surface area (Å²) in [5.74, 6) is 0.396. The second-order valence-corrected chi connectivity index (χ2v) is 3.01. The van der Waals surface area contributed by atoms with Gasteiger partial charge in [0.15, 0.2) is 11.6 Å². The van der Waals surface area contributed by atoms with Crippen LogP contribution in [0.1, 0.15) is 5.89 Å². The van der Waals surface area contributed by atoms with Crippen LogP contribution in [0.5, 0.6) is 5.75 Å². The maximum atomic E-state index is 13.2. The Bertz CT molecular complexity index is 522. The van der Waals surface area contributed by atoms with Gasteiger partial charge in [-0.1, -0.05) is 11.7 Å². The van der Waals surface area contributed by atoms with Crippen molar-refractivity contribution in [1.29, 1.82) is 0 Å². The number of aromatic nitrogens is 2. The number of ether oxygens (including phenoxy) is 1. The Hall–Kier alpha value is -2.17. The van der Waals surface area contributed by atoms with Crippen molar-refractivity contribution in [3.05, 3.63) is 36.5 Å². The van der Waals surface area contributed by atoms with E-state index >= 15 is 0 Å². The van der Waals surface area contributed by atoms with Crippen molar-refractivity contribution in [3.63, 3.8) is 0 Å². The molecule has 0 unspecified atom stereocenters. The van der Waals surface area contributed by atoms with E-state index in [1.807, 2.05) is 0 Å². The quantitative estimate of drug-likeness (QED) is 0.797. The molecule has 2 rings (SSSR count). The molecule has 0 saturated carbocycles. The number of nitrogens with zero attached hydrogens (tertiary/aromatic N) is 2. The summed E-state index contributed by atoms with van der Waals surface area (Å²) in [6, 6.07) is 4.35. The molecule has 5 heteroatoms. The van der Waals surface area contributed by atoms with Crippen LogP contribution in [0.4, 0.5) is 4.39 Å². The molecule has 0 radical (unpaired) electrons. The topological polar surface area (TPSA) is 48.2 Å². The van der Waals surface area contributed by atoms with Crippen molar-refractivity contribution in [1.82, 2.24) is 10.1 Å².